The number of benzene rings is 1. The highest BCUT2D eigenvalue weighted by atomic mass is 19.1. The summed E-state index contributed by atoms with van der Waals surface area (Å²) in [7, 11) is 0. The van der Waals surface area contributed by atoms with Crippen LogP contribution in [0, 0.1) is 5.82 Å². The van der Waals surface area contributed by atoms with Crippen molar-refractivity contribution in [3.05, 3.63) is 17.9 Å². The monoisotopic (exact) mass is 281 g/mol. The summed E-state index contributed by atoms with van der Waals surface area (Å²) in [5.41, 5.74) is 6.96. The van der Waals surface area contributed by atoms with Crippen LogP contribution in [0.4, 0.5) is 15.8 Å². The largest absolute Gasteiger partial charge is 0.488 e. The lowest BCUT2D eigenvalue weighted by molar-refractivity contribution is -0.120. The minimum atomic E-state index is -0.469. The first-order valence-corrected chi connectivity index (χ1v) is 6.74. The Labute approximate surface area is 117 Å². The molecule has 0 aromatic heterocycles. The smallest absolute Gasteiger partial charge is 0.221 e. The molecule has 1 heterocycles. The molecule has 0 saturated carbocycles. The molecule has 0 unspecified atom stereocenters. The van der Waals surface area contributed by atoms with Gasteiger partial charge in [0, 0.05) is 38.2 Å². The summed E-state index contributed by atoms with van der Waals surface area (Å²) < 4.78 is 19.3. The van der Waals surface area contributed by atoms with Crippen LogP contribution in [0.25, 0.3) is 0 Å². The molecule has 0 spiro atoms. The number of ether oxygens (including phenoxy) is 1. The van der Waals surface area contributed by atoms with Crippen LogP contribution in [-0.2, 0) is 4.79 Å². The van der Waals surface area contributed by atoms with E-state index in [9.17, 15) is 9.18 Å². The molecule has 1 aliphatic rings. The maximum absolute atomic E-state index is 13.8. The number of carbonyl (C=O) groups is 1. The molecule has 0 aliphatic carbocycles. The number of amides is 1. The van der Waals surface area contributed by atoms with E-state index in [0.717, 1.165) is 0 Å². The average molecular weight is 281 g/mol. The van der Waals surface area contributed by atoms with Crippen LogP contribution in [0.5, 0.6) is 5.75 Å². The van der Waals surface area contributed by atoms with Crippen molar-refractivity contribution in [1.29, 1.82) is 0 Å². The minimum Gasteiger partial charge on any atom is -0.488 e. The van der Waals surface area contributed by atoms with Crippen LogP contribution in [0.15, 0.2) is 12.1 Å². The highest BCUT2D eigenvalue weighted by Crippen LogP contribution is 2.32. The molecule has 1 fully saturated rings. The molecule has 110 valence electrons. The summed E-state index contributed by atoms with van der Waals surface area (Å²) in [6.45, 7) is 5.43. The van der Waals surface area contributed by atoms with Gasteiger partial charge >= 0.3 is 0 Å². The molecule has 1 amide bonds. The number of hydrogen-bond acceptors (Lipinski definition) is 4. The first kappa shape index (κ1) is 14.4. The fraction of sp³-hybridized carbons (Fsp3) is 0.500. The fourth-order valence-corrected chi connectivity index (χ4v) is 2.18. The van der Waals surface area contributed by atoms with Crippen molar-refractivity contribution in [2.24, 2.45) is 0 Å². The van der Waals surface area contributed by atoms with Crippen LogP contribution in [0.1, 0.15) is 20.3 Å². The van der Waals surface area contributed by atoms with E-state index in [-0.39, 0.29) is 17.8 Å². The summed E-state index contributed by atoms with van der Waals surface area (Å²) in [5, 5.41) is 2.80. The van der Waals surface area contributed by atoms with Crippen molar-refractivity contribution >= 4 is 17.3 Å². The van der Waals surface area contributed by atoms with Crippen molar-refractivity contribution in [3.8, 4) is 5.75 Å². The quantitative estimate of drug-likeness (QED) is 0.824. The second-order valence-corrected chi connectivity index (χ2v) is 5.10. The molecule has 1 aliphatic heterocycles. The summed E-state index contributed by atoms with van der Waals surface area (Å²) in [4.78, 5) is 13.3. The lowest BCUT2D eigenvalue weighted by Gasteiger charge is -2.24. The molecule has 2 rings (SSSR count). The van der Waals surface area contributed by atoms with Crippen molar-refractivity contribution < 1.29 is 13.9 Å². The SMILES string of the molecule is CC(C)Oc1cc(N2CCNC(=O)CC2)c(N)cc1F. The number of halogens is 1. The van der Waals surface area contributed by atoms with Gasteiger partial charge in [0.25, 0.3) is 0 Å². The number of nitrogens with one attached hydrogen (secondary N) is 1. The van der Waals surface area contributed by atoms with Gasteiger partial charge in [-0.15, -0.1) is 0 Å². The number of anilines is 2. The lowest BCUT2D eigenvalue weighted by Crippen LogP contribution is -2.29. The van der Waals surface area contributed by atoms with Gasteiger partial charge in [-0.2, -0.15) is 0 Å². The van der Waals surface area contributed by atoms with Crippen molar-refractivity contribution in [1.82, 2.24) is 5.32 Å². The Bertz CT molecular complexity index is 505. The number of nitrogen functional groups attached to an aromatic ring is 1. The zero-order valence-electron chi connectivity index (χ0n) is 11.8. The van der Waals surface area contributed by atoms with Gasteiger partial charge < -0.3 is 20.7 Å². The van der Waals surface area contributed by atoms with Gasteiger partial charge in [-0.05, 0) is 13.8 Å². The van der Waals surface area contributed by atoms with Crippen LogP contribution in [0.3, 0.4) is 0 Å². The molecule has 0 bridgehead atoms. The number of nitrogens with zero attached hydrogens (tertiary/aromatic N) is 1. The van der Waals surface area contributed by atoms with Crippen molar-refractivity contribution in [2.75, 3.05) is 30.3 Å². The third-order valence-electron chi connectivity index (χ3n) is 3.10. The number of hydrogen-bond donors (Lipinski definition) is 2. The van der Waals surface area contributed by atoms with E-state index in [1.165, 1.54) is 6.07 Å². The van der Waals surface area contributed by atoms with E-state index in [1.54, 1.807) is 6.07 Å². The van der Waals surface area contributed by atoms with Gasteiger partial charge in [0.05, 0.1) is 17.5 Å². The zero-order chi connectivity index (χ0) is 14.7. The predicted molar refractivity (Wildman–Crippen MR) is 76.4 cm³/mol. The average Bonchev–Trinajstić information content (AvgIpc) is 2.57. The van der Waals surface area contributed by atoms with Crippen LogP contribution >= 0.6 is 0 Å². The first-order chi connectivity index (χ1) is 9.47. The van der Waals surface area contributed by atoms with E-state index in [1.807, 2.05) is 18.7 Å². The summed E-state index contributed by atoms with van der Waals surface area (Å²) in [6, 6.07) is 2.88. The molecular weight excluding hydrogens is 261 g/mol. The van der Waals surface area contributed by atoms with Gasteiger partial charge in [0.1, 0.15) is 0 Å². The molecule has 3 N–H and O–H groups in total. The van der Waals surface area contributed by atoms with Gasteiger partial charge in [0.2, 0.25) is 5.91 Å². The Morgan fingerprint density at radius 1 is 1.40 bits per heavy atom. The van der Waals surface area contributed by atoms with Crippen LogP contribution in [0.2, 0.25) is 0 Å². The fourth-order valence-electron chi connectivity index (χ4n) is 2.18. The van der Waals surface area contributed by atoms with Crippen LogP contribution in [-0.4, -0.2) is 31.6 Å². The standard InChI is InChI=1S/C14H20FN3O2/c1-9(2)20-13-8-12(11(16)7-10(13)15)18-5-3-14(19)17-4-6-18/h7-9H,3-6,16H2,1-2H3,(H,17,19). The second-order valence-electron chi connectivity index (χ2n) is 5.10. The van der Waals surface area contributed by atoms with Crippen LogP contribution < -0.4 is 20.7 Å². The lowest BCUT2D eigenvalue weighted by atomic mass is 10.2. The van der Waals surface area contributed by atoms with Gasteiger partial charge in [0.15, 0.2) is 11.6 Å². The Kier molecular flexibility index (Phi) is 4.32. The Morgan fingerprint density at radius 3 is 2.85 bits per heavy atom. The summed E-state index contributed by atoms with van der Waals surface area (Å²) in [5.74, 6) is -0.261. The molecule has 1 aromatic carbocycles. The molecule has 0 atom stereocenters. The Balaban J connectivity index is 2.27. The second kappa shape index (κ2) is 5.98. The molecule has 1 aromatic rings. The molecular formula is C14H20FN3O2. The maximum atomic E-state index is 13.8. The van der Waals surface area contributed by atoms with E-state index in [0.29, 0.717) is 37.4 Å². The zero-order valence-corrected chi connectivity index (χ0v) is 11.8. The van der Waals surface area contributed by atoms with Gasteiger partial charge in [-0.25, -0.2) is 4.39 Å². The van der Waals surface area contributed by atoms with E-state index in [4.69, 9.17) is 10.5 Å². The molecule has 6 heteroatoms. The van der Waals surface area contributed by atoms with E-state index < -0.39 is 5.82 Å². The highest BCUT2D eigenvalue weighted by Gasteiger charge is 2.18. The normalized spacial score (nSPS) is 16.0. The number of nitrogens with two attached hydrogens (primary N) is 1. The van der Waals surface area contributed by atoms with Gasteiger partial charge in [-0.1, -0.05) is 0 Å². The Hall–Kier alpha value is -1.98. The minimum absolute atomic E-state index is 0.0202. The molecule has 0 radical (unpaired) electrons. The predicted octanol–water partition coefficient (Wildman–Crippen LogP) is 1.52. The maximum Gasteiger partial charge on any atom is 0.221 e. The van der Waals surface area contributed by atoms with E-state index >= 15 is 0 Å². The summed E-state index contributed by atoms with van der Waals surface area (Å²) >= 11 is 0. The van der Waals surface area contributed by atoms with Gasteiger partial charge in [-0.3, -0.25) is 4.79 Å². The number of carbonyl (C=O) groups excluding carboxylic acids is 1. The summed E-state index contributed by atoms with van der Waals surface area (Å²) in [6.07, 6.45) is 0.283. The third-order valence-corrected chi connectivity index (χ3v) is 3.10. The van der Waals surface area contributed by atoms with Crippen molar-refractivity contribution in [3.63, 3.8) is 0 Å². The first-order valence-electron chi connectivity index (χ1n) is 6.74. The molecule has 20 heavy (non-hydrogen) atoms. The Morgan fingerprint density at radius 2 is 2.15 bits per heavy atom. The highest BCUT2D eigenvalue weighted by molar-refractivity contribution is 5.78. The molecule has 1 saturated heterocycles. The third kappa shape index (κ3) is 3.31. The van der Waals surface area contributed by atoms with Crippen molar-refractivity contribution in [2.45, 2.75) is 26.4 Å². The topological polar surface area (TPSA) is 67.6 Å². The molecule has 5 nitrogen and oxygen atoms in total. The van der Waals surface area contributed by atoms with E-state index in [2.05, 4.69) is 5.32 Å². The number of rotatable bonds is 3.